The molecule has 0 saturated carbocycles. The van der Waals surface area contributed by atoms with E-state index in [1.807, 2.05) is 72.8 Å². The quantitative estimate of drug-likeness (QED) is 0.138. The Labute approximate surface area is 252 Å². The monoisotopic (exact) mass is 588 g/mol. The second-order valence-electron chi connectivity index (χ2n) is 9.99. The molecule has 4 N–H and O–H groups in total. The van der Waals surface area contributed by atoms with Gasteiger partial charge in [0.15, 0.2) is 0 Å². The summed E-state index contributed by atoms with van der Waals surface area (Å²) in [5.74, 6) is 2.87. The first kappa shape index (κ1) is 31.8. The zero-order valence-corrected chi connectivity index (χ0v) is 24.3. The van der Waals surface area contributed by atoms with E-state index in [-0.39, 0.29) is 52.9 Å². The molecule has 0 aliphatic carbocycles. The van der Waals surface area contributed by atoms with Crippen molar-refractivity contribution in [2.75, 3.05) is 52.9 Å². The van der Waals surface area contributed by atoms with E-state index < -0.39 is 0 Å². The number of ether oxygens (including phenoxy) is 4. The maximum atomic E-state index is 9.37. The molecule has 4 aromatic carbocycles. The molecule has 0 bridgehead atoms. The molecule has 0 radical (unpaired) electrons. The molecule has 4 aromatic rings. The molecular weight excluding hydrogens is 548 g/mol. The van der Waals surface area contributed by atoms with E-state index in [0.29, 0.717) is 18.6 Å². The van der Waals surface area contributed by atoms with Gasteiger partial charge in [-0.2, -0.15) is 0 Å². The number of benzene rings is 4. The van der Waals surface area contributed by atoms with Crippen molar-refractivity contribution in [1.82, 2.24) is 0 Å². The van der Waals surface area contributed by atoms with Crippen LogP contribution in [0.3, 0.4) is 0 Å². The first-order chi connectivity index (χ1) is 21.1. The normalized spacial score (nSPS) is 10.9. The minimum absolute atomic E-state index is 0.0240. The van der Waals surface area contributed by atoms with Gasteiger partial charge in [-0.15, -0.1) is 0 Å². The van der Waals surface area contributed by atoms with Crippen molar-refractivity contribution in [2.24, 2.45) is 0 Å². The standard InChI is InChI=1S/C35H40O8/c36-13-17-40-32-7-1-26(2-8-32)21-28-5-11-35(43-20-16-39)31(23-28)25-29-6-12-34(42-19-15-38)30(24-29)22-27-3-9-33(10-4-27)41-18-14-37/h1-12,23-24,36-39H,13-22,25H2. The summed E-state index contributed by atoms with van der Waals surface area (Å²) in [7, 11) is 0. The second-order valence-corrected chi connectivity index (χ2v) is 9.99. The van der Waals surface area contributed by atoms with Gasteiger partial charge in [-0.1, -0.05) is 48.5 Å². The fourth-order valence-corrected chi connectivity index (χ4v) is 4.76. The van der Waals surface area contributed by atoms with E-state index in [0.717, 1.165) is 57.1 Å². The van der Waals surface area contributed by atoms with Gasteiger partial charge in [0.1, 0.15) is 49.4 Å². The predicted octanol–water partition coefficient (Wildman–Crippen LogP) is 3.94. The highest BCUT2D eigenvalue weighted by atomic mass is 16.5. The molecule has 0 heterocycles. The molecule has 0 atom stereocenters. The van der Waals surface area contributed by atoms with E-state index >= 15 is 0 Å². The Balaban J connectivity index is 1.56. The molecule has 0 fully saturated rings. The van der Waals surface area contributed by atoms with Crippen LogP contribution in [0.4, 0.5) is 0 Å². The predicted molar refractivity (Wildman–Crippen MR) is 165 cm³/mol. The zero-order chi connectivity index (χ0) is 30.3. The summed E-state index contributed by atoms with van der Waals surface area (Å²) in [6, 6.07) is 27.8. The van der Waals surface area contributed by atoms with Gasteiger partial charge in [-0.25, -0.2) is 0 Å². The highest BCUT2D eigenvalue weighted by Crippen LogP contribution is 2.29. The van der Waals surface area contributed by atoms with Gasteiger partial charge >= 0.3 is 0 Å². The van der Waals surface area contributed by atoms with Gasteiger partial charge in [0.25, 0.3) is 0 Å². The third-order valence-electron chi connectivity index (χ3n) is 6.71. The van der Waals surface area contributed by atoms with Crippen molar-refractivity contribution in [2.45, 2.75) is 19.3 Å². The third kappa shape index (κ3) is 10.0. The first-order valence-electron chi connectivity index (χ1n) is 14.5. The molecule has 0 aromatic heterocycles. The van der Waals surface area contributed by atoms with Crippen LogP contribution in [0, 0.1) is 0 Å². The lowest BCUT2D eigenvalue weighted by atomic mass is 9.95. The topological polar surface area (TPSA) is 118 Å². The summed E-state index contributed by atoms with van der Waals surface area (Å²) in [6.07, 6.45) is 1.97. The maximum Gasteiger partial charge on any atom is 0.122 e. The van der Waals surface area contributed by atoms with Crippen molar-refractivity contribution in [1.29, 1.82) is 0 Å². The summed E-state index contributed by atoms with van der Waals surface area (Å²) in [6.45, 7) is 0.716. The molecule has 4 rings (SSSR count). The third-order valence-corrected chi connectivity index (χ3v) is 6.71. The van der Waals surface area contributed by atoms with Gasteiger partial charge in [0.2, 0.25) is 0 Å². The first-order valence-corrected chi connectivity index (χ1v) is 14.5. The Morgan fingerprint density at radius 2 is 0.721 bits per heavy atom. The lowest BCUT2D eigenvalue weighted by Gasteiger charge is -2.16. The number of hydrogen-bond donors (Lipinski definition) is 4. The van der Waals surface area contributed by atoms with Crippen LogP contribution in [0.5, 0.6) is 23.0 Å². The second kappa shape index (κ2) is 17.1. The van der Waals surface area contributed by atoms with Gasteiger partial charge in [0, 0.05) is 12.8 Å². The van der Waals surface area contributed by atoms with Crippen LogP contribution in [0.2, 0.25) is 0 Å². The molecular formula is C35H40O8. The van der Waals surface area contributed by atoms with E-state index in [2.05, 4.69) is 12.1 Å². The van der Waals surface area contributed by atoms with Crippen LogP contribution < -0.4 is 18.9 Å². The molecule has 8 nitrogen and oxygen atoms in total. The van der Waals surface area contributed by atoms with Crippen molar-refractivity contribution in [3.8, 4) is 23.0 Å². The zero-order valence-electron chi connectivity index (χ0n) is 24.3. The van der Waals surface area contributed by atoms with Gasteiger partial charge < -0.3 is 39.4 Å². The Morgan fingerprint density at radius 1 is 0.372 bits per heavy atom. The Kier molecular flexibility index (Phi) is 12.7. The number of aliphatic hydroxyl groups is 4. The Bertz CT molecular complexity index is 1390. The highest BCUT2D eigenvalue weighted by Gasteiger charge is 2.12. The van der Waals surface area contributed by atoms with Gasteiger partial charge in [0.05, 0.1) is 26.4 Å². The summed E-state index contributed by atoms with van der Waals surface area (Å²) >= 11 is 0. The SMILES string of the molecule is OCCOc1ccc(Cc2ccc(OCCO)c(Cc3ccc(OCCO)c(Cc4ccc(OCCO)cc4)c3)c2)cc1. The van der Waals surface area contributed by atoms with Crippen LogP contribution in [0.15, 0.2) is 84.9 Å². The summed E-state index contributed by atoms with van der Waals surface area (Å²) in [5.41, 5.74) is 6.41. The minimum Gasteiger partial charge on any atom is -0.491 e. The minimum atomic E-state index is -0.0746. The molecule has 0 aliphatic rings. The number of rotatable bonds is 18. The van der Waals surface area contributed by atoms with E-state index in [9.17, 15) is 10.2 Å². The summed E-state index contributed by atoms with van der Waals surface area (Å²) in [5, 5.41) is 36.7. The summed E-state index contributed by atoms with van der Waals surface area (Å²) < 4.78 is 22.7. The van der Waals surface area contributed by atoms with E-state index in [1.54, 1.807) is 0 Å². The number of aliphatic hydroxyl groups excluding tert-OH is 4. The Morgan fingerprint density at radius 3 is 1.16 bits per heavy atom. The van der Waals surface area contributed by atoms with Crippen molar-refractivity contribution < 1.29 is 39.4 Å². The lowest BCUT2D eigenvalue weighted by Crippen LogP contribution is -2.06. The van der Waals surface area contributed by atoms with Crippen molar-refractivity contribution >= 4 is 0 Å². The smallest absolute Gasteiger partial charge is 0.122 e. The van der Waals surface area contributed by atoms with E-state index in [4.69, 9.17) is 29.2 Å². The molecule has 0 unspecified atom stereocenters. The lowest BCUT2D eigenvalue weighted by molar-refractivity contribution is 0.200. The van der Waals surface area contributed by atoms with Gasteiger partial charge in [-0.05, 0) is 76.2 Å². The van der Waals surface area contributed by atoms with Crippen LogP contribution in [0.1, 0.15) is 33.4 Å². The average Bonchev–Trinajstić information content (AvgIpc) is 3.03. The average molecular weight is 589 g/mol. The van der Waals surface area contributed by atoms with E-state index in [1.165, 1.54) is 0 Å². The van der Waals surface area contributed by atoms with Gasteiger partial charge in [-0.3, -0.25) is 0 Å². The molecule has 0 saturated heterocycles. The van der Waals surface area contributed by atoms with Crippen molar-refractivity contribution in [3.63, 3.8) is 0 Å². The number of hydrogen-bond acceptors (Lipinski definition) is 8. The van der Waals surface area contributed by atoms with Crippen LogP contribution in [0.25, 0.3) is 0 Å². The highest BCUT2D eigenvalue weighted by molar-refractivity contribution is 5.46. The van der Waals surface area contributed by atoms with Crippen LogP contribution in [-0.2, 0) is 19.3 Å². The molecule has 228 valence electrons. The van der Waals surface area contributed by atoms with Crippen molar-refractivity contribution in [3.05, 3.63) is 118 Å². The van der Waals surface area contributed by atoms with Crippen LogP contribution in [-0.4, -0.2) is 73.3 Å². The molecule has 8 heteroatoms. The molecule has 0 amide bonds. The van der Waals surface area contributed by atoms with Crippen LogP contribution >= 0.6 is 0 Å². The summed E-state index contributed by atoms with van der Waals surface area (Å²) in [4.78, 5) is 0. The molecule has 43 heavy (non-hydrogen) atoms. The molecule has 0 spiro atoms. The molecule has 0 aliphatic heterocycles. The Hall–Kier alpha value is -4.08. The fourth-order valence-electron chi connectivity index (χ4n) is 4.76. The fraction of sp³-hybridized carbons (Fsp3) is 0.314. The largest absolute Gasteiger partial charge is 0.491 e. The maximum absolute atomic E-state index is 9.37.